The summed E-state index contributed by atoms with van der Waals surface area (Å²) in [6, 6.07) is 4.92. The Kier molecular flexibility index (Phi) is 7.13. The molecule has 0 atom stereocenters. The number of carbonyl (C=O) groups is 2. The third kappa shape index (κ3) is 4.95. The molecule has 8 nitrogen and oxygen atoms in total. The van der Waals surface area contributed by atoms with Crippen molar-refractivity contribution in [3.63, 3.8) is 0 Å². The first-order valence-electron chi connectivity index (χ1n) is 8.38. The third-order valence-electron chi connectivity index (χ3n) is 3.95. The Bertz CT molecular complexity index is 816. The summed E-state index contributed by atoms with van der Waals surface area (Å²) in [6.45, 7) is 4.98. The van der Waals surface area contributed by atoms with Gasteiger partial charge in [0.15, 0.2) is 0 Å². The molecule has 0 radical (unpaired) electrons. The van der Waals surface area contributed by atoms with Gasteiger partial charge in [-0.3, -0.25) is 14.3 Å². The van der Waals surface area contributed by atoms with Crippen LogP contribution in [0.2, 0.25) is 0 Å². The monoisotopic (exact) mass is 372 g/mol. The summed E-state index contributed by atoms with van der Waals surface area (Å²) in [6.07, 6.45) is 4.76. The van der Waals surface area contributed by atoms with E-state index in [0.29, 0.717) is 30.2 Å². The zero-order chi connectivity index (χ0) is 19.8. The maximum atomic E-state index is 12.5. The highest BCUT2D eigenvalue weighted by Crippen LogP contribution is 2.31. The zero-order valence-corrected chi connectivity index (χ0v) is 15.8. The van der Waals surface area contributed by atoms with Crippen molar-refractivity contribution in [1.82, 2.24) is 15.1 Å². The summed E-state index contributed by atoms with van der Waals surface area (Å²) in [5.41, 5.74) is 1.73. The molecule has 1 aromatic heterocycles. The maximum Gasteiger partial charge on any atom is 0.251 e. The van der Waals surface area contributed by atoms with E-state index in [9.17, 15) is 9.59 Å². The minimum atomic E-state index is -0.313. The van der Waals surface area contributed by atoms with Crippen LogP contribution in [0.25, 0.3) is 0 Å². The molecule has 0 saturated carbocycles. The fourth-order valence-electron chi connectivity index (χ4n) is 2.56. The number of anilines is 1. The molecule has 0 saturated heterocycles. The van der Waals surface area contributed by atoms with Crippen LogP contribution in [0.4, 0.5) is 5.69 Å². The van der Waals surface area contributed by atoms with Crippen molar-refractivity contribution >= 4 is 17.5 Å². The van der Waals surface area contributed by atoms with Gasteiger partial charge in [-0.15, -0.1) is 0 Å². The highest BCUT2D eigenvalue weighted by atomic mass is 16.5. The minimum absolute atomic E-state index is 0.253. The van der Waals surface area contributed by atoms with Gasteiger partial charge >= 0.3 is 0 Å². The summed E-state index contributed by atoms with van der Waals surface area (Å²) < 4.78 is 12.2. The van der Waals surface area contributed by atoms with Crippen LogP contribution in [0.15, 0.2) is 43.2 Å². The number of amides is 2. The molecule has 0 spiro atoms. The normalized spacial score (nSPS) is 10.3. The van der Waals surface area contributed by atoms with Crippen LogP contribution in [0.1, 0.15) is 15.9 Å². The van der Waals surface area contributed by atoms with Gasteiger partial charge in [0.05, 0.1) is 38.7 Å². The molecule has 27 heavy (non-hydrogen) atoms. The minimum Gasteiger partial charge on any atom is -0.495 e. The Morgan fingerprint density at radius 2 is 2.15 bits per heavy atom. The lowest BCUT2D eigenvalue weighted by Crippen LogP contribution is -2.29. The summed E-state index contributed by atoms with van der Waals surface area (Å²) in [7, 11) is 4.69. The van der Waals surface area contributed by atoms with Crippen molar-refractivity contribution in [2.45, 2.75) is 13.1 Å². The number of hydrogen-bond acceptors (Lipinski definition) is 5. The number of nitrogens with one attached hydrogen (secondary N) is 1. The molecule has 1 heterocycles. The molecule has 2 aromatic rings. The highest BCUT2D eigenvalue weighted by molar-refractivity contribution is 6.03. The lowest BCUT2D eigenvalue weighted by molar-refractivity contribution is -0.114. The predicted octanol–water partition coefficient (Wildman–Crippen LogP) is 1.62. The second kappa shape index (κ2) is 9.54. The number of nitrogens with zero attached hydrogens (tertiary/aromatic N) is 3. The molecule has 0 aliphatic rings. The van der Waals surface area contributed by atoms with Crippen molar-refractivity contribution in [3.05, 3.63) is 54.4 Å². The average Bonchev–Trinajstić information content (AvgIpc) is 3.16. The van der Waals surface area contributed by atoms with E-state index in [1.54, 1.807) is 43.2 Å². The Balaban J connectivity index is 2.38. The number of hydrogen-bond donors (Lipinski definition) is 1. The van der Waals surface area contributed by atoms with E-state index in [0.717, 1.165) is 5.56 Å². The van der Waals surface area contributed by atoms with E-state index in [1.807, 2.05) is 6.20 Å². The maximum absolute atomic E-state index is 12.5. The molecule has 0 aliphatic carbocycles. The molecule has 8 heteroatoms. The van der Waals surface area contributed by atoms with Crippen LogP contribution >= 0.6 is 0 Å². The summed E-state index contributed by atoms with van der Waals surface area (Å²) in [5.74, 6) is -0.0890. The van der Waals surface area contributed by atoms with Crippen LogP contribution in [0.3, 0.4) is 0 Å². The average molecular weight is 372 g/mol. The third-order valence-corrected chi connectivity index (χ3v) is 3.95. The zero-order valence-electron chi connectivity index (χ0n) is 15.8. The van der Waals surface area contributed by atoms with E-state index in [4.69, 9.17) is 9.47 Å². The van der Waals surface area contributed by atoms with Crippen LogP contribution in [-0.2, 0) is 22.6 Å². The van der Waals surface area contributed by atoms with E-state index in [2.05, 4.69) is 17.0 Å². The van der Waals surface area contributed by atoms with Gasteiger partial charge in [-0.25, -0.2) is 0 Å². The van der Waals surface area contributed by atoms with Gasteiger partial charge in [-0.2, -0.15) is 5.10 Å². The smallest absolute Gasteiger partial charge is 0.251 e. The van der Waals surface area contributed by atoms with Gasteiger partial charge < -0.3 is 19.7 Å². The SMILES string of the molecule is C=CC(=O)N(Cc1cnn(CCOC)c1)c1cc(C(=O)NC)ccc1OC. The van der Waals surface area contributed by atoms with Gasteiger partial charge in [-0.1, -0.05) is 6.58 Å². The van der Waals surface area contributed by atoms with Crippen molar-refractivity contribution in [3.8, 4) is 5.75 Å². The Morgan fingerprint density at radius 1 is 1.37 bits per heavy atom. The summed E-state index contributed by atoms with van der Waals surface area (Å²) in [4.78, 5) is 26.0. The van der Waals surface area contributed by atoms with Crippen LogP contribution in [-0.4, -0.2) is 49.5 Å². The lowest BCUT2D eigenvalue weighted by atomic mass is 10.1. The van der Waals surface area contributed by atoms with Gasteiger partial charge in [0.25, 0.3) is 11.8 Å². The van der Waals surface area contributed by atoms with Crippen LogP contribution < -0.4 is 15.0 Å². The van der Waals surface area contributed by atoms with Crippen molar-refractivity contribution in [2.75, 3.05) is 32.8 Å². The van der Waals surface area contributed by atoms with E-state index in [-0.39, 0.29) is 18.4 Å². The topological polar surface area (TPSA) is 85.7 Å². The largest absolute Gasteiger partial charge is 0.495 e. The van der Waals surface area contributed by atoms with Crippen molar-refractivity contribution < 1.29 is 19.1 Å². The van der Waals surface area contributed by atoms with E-state index in [1.165, 1.54) is 18.1 Å². The fraction of sp³-hybridized carbons (Fsp3) is 0.316. The number of carbonyl (C=O) groups excluding carboxylic acids is 2. The van der Waals surface area contributed by atoms with Crippen molar-refractivity contribution in [2.24, 2.45) is 0 Å². The molecule has 2 rings (SSSR count). The lowest BCUT2D eigenvalue weighted by Gasteiger charge is -2.23. The second-order valence-electron chi connectivity index (χ2n) is 5.70. The second-order valence-corrected chi connectivity index (χ2v) is 5.70. The Labute approximate surface area is 158 Å². The Hall–Kier alpha value is -3.13. The molecular formula is C19H24N4O4. The standard InChI is InChI=1S/C19H24N4O4/c1-5-18(24)23(13-14-11-21-22(12-14)8-9-26-3)16-10-15(19(25)20-2)6-7-17(16)27-4/h5-7,10-12H,1,8-9,13H2,2-4H3,(H,20,25). The number of aromatic nitrogens is 2. The number of methoxy groups -OCH3 is 2. The molecule has 2 amide bonds. The molecule has 0 unspecified atom stereocenters. The quantitative estimate of drug-likeness (QED) is 0.676. The first-order valence-corrected chi connectivity index (χ1v) is 8.38. The molecular weight excluding hydrogens is 348 g/mol. The fourth-order valence-corrected chi connectivity index (χ4v) is 2.56. The van der Waals surface area contributed by atoms with Crippen LogP contribution in [0.5, 0.6) is 5.75 Å². The first-order chi connectivity index (χ1) is 13.0. The highest BCUT2D eigenvalue weighted by Gasteiger charge is 2.20. The number of ether oxygens (including phenoxy) is 2. The molecule has 1 N–H and O–H groups in total. The number of benzene rings is 1. The van der Waals surface area contributed by atoms with E-state index >= 15 is 0 Å². The predicted molar refractivity (Wildman–Crippen MR) is 102 cm³/mol. The van der Waals surface area contributed by atoms with Crippen LogP contribution in [0, 0.1) is 0 Å². The van der Waals surface area contributed by atoms with Gasteiger partial charge in [0.2, 0.25) is 0 Å². The molecule has 0 aliphatic heterocycles. The number of rotatable bonds is 9. The summed E-state index contributed by atoms with van der Waals surface area (Å²) >= 11 is 0. The molecule has 0 fully saturated rings. The first kappa shape index (κ1) is 20.2. The molecule has 0 bridgehead atoms. The molecule has 144 valence electrons. The van der Waals surface area contributed by atoms with Gasteiger partial charge in [0, 0.05) is 31.5 Å². The van der Waals surface area contributed by atoms with Gasteiger partial charge in [-0.05, 0) is 24.3 Å². The van der Waals surface area contributed by atoms with Gasteiger partial charge in [0.1, 0.15) is 5.75 Å². The Morgan fingerprint density at radius 3 is 2.78 bits per heavy atom. The van der Waals surface area contributed by atoms with Crippen molar-refractivity contribution in [1.29, 1.82) is 0 Å². The molecule has 1 aromatic carbocycles. The summed E-state index contributed by atoms with van der Waals surface area (Å²) in [5, 5.41) is 6.84. The van der Waals surface area contributed by atoms with E-state index < -0.39 is 0 Å².